The van der Waals surface area contributed by atoms with Crippen LogP contribution in [0.15, 0.2) is 23.1 Å². The second kappa shape index (κ2) is 8.30. The maximum atomic E-state index is 13.9. The molecule has 0 unspecified atom stereocenters. The van der Waals surface area contributed by atoms with Crippen LogP contribution in [0.1, 0.15) is 85.5 Å². The zero-order chi connectivity index (χ0) is 25.5. The number of carbonyl (C=O) groups excluding carboxylic acids is 1. The maximum absolute atomic E-state index is 13.9. The van der Waals surface area contributed by atoms with E-state index in [2.05, 4.69) is 49.5 Å². The molecule has 1 N–H and O–H groups in total. The van der Waals surface area contributed by atoms with Crippen molar-refractivity contribution in [2.24, 2.45) is 39.9 Å². The van der Waals surface area contributed by atoms with Gasteiger partial charge in [-0.15, -0.1) is 16.9 Å². The van der Waals surface area contributed by atoms with Crippen LogP contribution < -0.4 is 0 Å². The lowest BCUT2D eigenvalue weighted by Crippen LogP contribution is -2.61. The number of benzene rings is 1. The van der Waals surface area contributed by atoms with Gasteiger partial charge in [-0.3, -0.25) is 4.79 Å². The fraction of sp³-hybridized carbons (Fsp3) is 0.767. The molecule has 6 rings (SSSR count). The molecule has 0 amide bonds. The van der Waals surface area contributed by atoms with Crippen LogP contribution in [0.5, 0.6) is 0 Å². The average Bonchev–Trinajstić information content (AvgIpc) is 3.40. The summed E-state index contributed by atoms with van der Waals surface area (Å²) in [7, 11) is 0. The van der Waals surface area contributed by atoms with E-state index in [4.69, 9.17) is 0 Å². The monoisotopic (exact) mass is 509 g/mol. The SMILES string of the molecule is CSc1ccc2nnn(CC(=O)[C@H]3CC[C@H]4[C@@H]5CC[C@@H]6C[C@](C)(O)CC[C@]6(C)[C@@]5(C)CC[C@]34C)c2c1. The predicted octanol–water partition coefficient (Wildman–Crippen LogP) is 6.52. The molecular formula is C30H43N3O2S. The molecule has 1 aromatic carbocycles. The Hall–Kier alpha value is -1.40. The summed E-state index contributed by atoms with van der Waals surface area (Å²) in [5.41, 5.74) is 2.03. The summed E-state index contributed by atoms with van der Waals surface area (Å²) in [5, 5.41) is 19.5. The second-order valence-electron chi connectivity index (χ2n) is 13.7. The number of hydrogen-bond acceptors (Lipinski definition) is 5. The highest BCUT2D eigenvalue weighted by Crippen LogP contribution is 2.73. The third-order valence-corrected chi connectivity index (χ3v) is 12.9. The minimum atomic E-state index is -0.496. The number of aromatic nitrogens is 3. The number of aliphatic hydroxyl groups is 1. The number of carbonyl (C=O) groups is 1. The highest BCUT2D eigenvalue weighted by molar-refractivity contribution is 7.98. The minimum Gasteiger partial charge on any atom is -0.390 e. The van der Waals surface area contributed by atoms with Crippen molar-refractivity contribution in [1.29, 1.82) is 0 Å². The fourth-order valence-electron chi connectivity index (χ4n) is 9.79. The lowest BCUT2D eigenvalue weighted by molar-refractivity contribution is -0.197. The summed E-state index contributed by atoms with van der Waals surface area (Å²) >= 11 is 1.70. The van der Waals surface area contributed by atoms with Crippen molar-refractivity contribution in [3.8, 4) is 0 Å². The van der Waals surface area contributed by atoms with Crippen molar-refractivity contribution >= 4 is 28.6 Å². The Bertz CT molecular complexity index is 1190. The van der Waals surface area contributed by atoms with Gasteiger partial charge in [0, 0.05) is 10.8 Å². The van der Waals surface area contributed by atoms with E-state index in [9.17, 15) is 9.90 Å². The molecule has 2 aromatic rings. The molecule has 4 saturated carbocycles. The van der Waals surface area contributed by atoms with Gasteiger partial charge in [0.1, 0.15) is 12.1 Å². The van der Waals surface area contributed by atoms with Crippen LogP contribution in [0.3, 0.4) is 0 Å². The molecule has 1 heterocycles. The van der Waals surface area contributed by atoms with E-state index in [0.717, 1.165) is 43.1 Å². The maximum Gasteiger partial charge on any atom is 0.157 e. The molecule has 5 nitrogen and oxygen atoms in total. The quantitative estimate of drug-likeness (QED) is 0.475. The van der Waals surface area contributed by atoms with Crippen LogP contribution in [0.2, 0.25) is 0 Å². The van der Waals surface area contributed by atoms with Crippen LogP contribution in [-0.4, -0.2) is 37.7 Å². The topological polar surface area (TPSA) is 68.0 Å². The largest absolute Gasteiger partial charge is 0.390 e. The molecule has 0 radical (unpaired) electrons. The van der Waals surface area contributed by atoms with E-state index in [-0.39, 0.29) is 11.3 Å². The van der Waals surface area contributed by atoms with Gasteiger partial charge in [-0.2, -0.15) is 0 Å². The highest BCUT2D eigenvalue weighted by Gasteiger charge is 2.66. The molecule has 4 fully saturated rings. The minimum absolute atomic E-state index is 0.0887. The Balaban J connectivity index is 1.24. The van der Waals surface area contributed by atoms with Gasteiger partial charge in [0.25, 0.3) is 0 Å². The molecule has 1 aromatic heterocycles. The zero-order valence-corrected chi connectivity index (χ0v) is 23.5. The van der Waals surface area contributed by atoms with Gasteiger partial charge in [0.2, 0.25) is 0 Å². The van der Waals surface area contributed by atoms with Gasteiger partial charge in [-0.1, -0.05) is 26.0 Å². The van der Waals surface area contributed by atoms with E-state index in [0.29, 0.717) is 40.9 Å². The second-order valence-corrected chi connectivity index (χ2v) is 14.6. The predicted molar refractivity (Wildman–Crippen MR) is 145 cm³/mol. The molecule has 196 valence electrons. The third-order valence-electron chi connectivity index (χ3n) is 12.2. The Morgan fingerprint density at radius 2 is 1.78 bits per heavy atom. The van der Waals surface area contributed by atoms with E-state index in [1.54, 1.807) is 11.8 Å². The van der Waals surface area contributed by atoms with Crippen molar-refractivity contribution in [2.75, 3.05) is 6.26 Å². The van der Waals surface area contributed by atoms with Crippen LogP contribution in [-0.2, 0) is 11.3 Å². The summed E-state index contributed by atoms with van der Waals surface area (Å²) < 4.78 is 1.83. The normalized spacial score (nSPS) is 44.2. The van der Waals surface area contributed by atoms with Gasteiger partial charge >= 0.3 is 0 Å². The van der Waals surface area contributed by atoms with Gasteiger partial charge in [0.05, 0.1) is 11.1 Å². The Morgan fingerprint density at radius 1 is 1.03 bits per heavy atom. The van der Waals surface area contributed by atoms with E-state index in [1.807, 2.05) is 17.7 Å². The van der Waals surface area contributed by atoms with E-state index in [1.165, 1.54) is 30.6 Å². The van der Waals surface area contributed by atoms with Gasteiger partial charge in [-0.05, 0) is 123 Å². The van der Waals surface area contributed by atoms with Crippen molar-refractivity contribution in [2.45, 2.75) is 103 Å². The van der Waals surface area contributed by atoms with Crippen LogP contribution in [0.4, 0.5) is 0 Å². The molecule has 4 aliphatic rings. The fourth-order valence-corrected chi connectivity index (χ4v) is 10.2. The molecule has 0 saturated heterocycles. The molecule has 8 atom stereocenters. The molecule has 0 spiro atoms. The zero-order valence-electron chi connectivity index (χ0n) is 22.7. The van der Waals surface area contributed by atoms with Crippen LogP contribution in [0, 0.1) is 39.9 Å². The standard InChI is InChI=1S/C30H43N3O2S/c1-27(35)12-14-29(3)19(17-27)6-8-22-21-9-10-23(28(21,2)13-15-30(22,29)4)26(34)18-33-25-16-20(36-5)7-11-24(25)31-32-33/h7,11,16,19,21-23,35H,6,8-10,12-15,17-18H2,1-5H3/t19-,21+,22+,23-,27-,28+,29+,30+/m1/s1. The summed E-state index contributed by atoms with van der Waals surface area (Å²) in [4.78, 5) is 15.0. The lowest BCUT2D eigenvalue weighted by Gasteiger charge is -2.67. The number of rotatable bonds is 4. The van der Waals surface area contributed by atoms with E-state index < -0.39 is 5.60 Å². The number of fused-ring (bicyclic) bond motifs is 6. The van der Waals surface area contributed by atoms with Crippen LogP contribution >= 0.6 is 11.8 Å². The lowest BCUT2D eigenvalue weighted by atomic mass is 9.38. The van der Waals surface area contributed by atoms with Crippen LogP contribution in [0.25, 0.3) is 11.0 Å². The summed E-state index contributed by atoms with van der Waals surface area (Å²) in [5.74, 6) is 2.40. The molecule has 36 heavy (non-hydrogen) atoms. The first-order valence-corrected chi connectivity index (χ1v) is 15.4. The summed E-state index contributed by atoms with van der Waals surface area (Å²) in [6, 6.07) is 6.18. The van der Waals surface area contributed by atoms with Crippen molar-refractivity contribution in [1.82, 2.24) is 15.0 Å². The smallest absolute Gasteiger partial charge is 0.157 e. The highest BCUT2D eigenvalue weighted by atomic mass is 32.2. The number of ketones is 1. The Labute approximate surface area is 220 Å². The first-order chi connectivity index (χ1) is 17.0. The molecule has 0 bridgehead atoms. The average molecular weight is 510 g/mol. The Morgan fingerprint density at radius 3 is 2.56 bits per heavy atom. The first kappa shape index (κ1) is 24.9. The number of hydrogen-bond donors (Lipinski definition) is 1. The van der Waals surface area contributed by atoms with E-state index >= 15 is 0 Å². The van der Waals surface area contributed by atoms with Crippen molar-refractivity contribution in [3.05, 3.63) is 18.2 Å². The summed E-state index contributed by atoms with van der Waals surface area (Å²) in [6.45, 7) is 9.96. The van der Waals surface area contributed by atoms with Crippen molar-refractivity contribution < 1.29 is 9.90 Å². The number of nitrogens with zero attached hydrogens (tertiary/aromatic N) is 3. The summed E-state index contributed by atoms with van der Waals surface area (Å²) in [6.07, 6.45) is 12.2. The first-order valence-electron chi connectivity index (χ1n) is 14.1. The molecule has 6 heteroatoms. The van der Waals surface area contributed by atoms with Gasteiger partial charge in [0.15, 0.2) is 5.78 Å². The van der Waals surface area contributed by atoms with Gasteiger partial charge < -0.3 is 5.11 Å². The molecule has 4 aliphatic carbocycles. The molecule has 0 aliphatic heterocycles. The number of thioether (sulfide) groups is 1. The third kappa shape index (κ3) is 3.49. The molecular weight excluding hydrogens is 466 g/mol. The Kier molecular flexibility index (Phi) is 5.74. The van der Waals surface area contributed by atoms with Gasteiger partial charge in [-0.25, -0.2) is 4.68 Å². The van der Waals surface area contributed by atoms with Crippen molar-refractivity contribution in [3.63, 3.8) is 0 Å². The number of Topliss-reactive ketones (excluding diaryl/α,β-unsaturated/α-hetero) is 1.